The summed E-state index contributed by atoms with van der Waals surface area (Å²) in [7, 11) is 0. The molecule has 0 radical (unpaired) electrons. The van der Waals surface area contributed by atoms with Gasteiger partial charge in [-0.05, 0) is 32.0 Å². The zero-order valence-corrected chi connectivity index (χ0v) is 15.8. The molecule has 3 rings (SSSR count). The van der Waals surface area contributed by atoms with Gasteiger partial charge < -0.3 is 0 Å². The predicted octanol–water partition coefficient (Wildman–Crippen LogP) is 6.12. The number of nitrogens with zero attached hydrogens (tertiary/aromatic N) is 4. The van der Waals surface area contributed by atoms with E-state index in [1.165, 1.54) is 0 Å². The standard InChI is InChI=1S/C13H12N4.3C2H6.CH4/c1-9-13(11-6-7-14-10(2)16-11)17-8-4-3-5-12(17)15-9;3*1-2;/h3-8H,1-2H3;3*1-2H3;1H4. The highest BCUT2D eigenvalue weighted by atomic mass is 15.0. The third kappa shape index (κ3) is 5.76. The van der Waals surface area contributed by atoms with Gasteiger partial charge in [0.1, 0.15) is 11.5 Å². The van der Waals surface area contributed by atoms with Gasteiger partial charge in [-0.25, -0.2) is 15.0 Å². The molecule has 134 valence electrons. The fourth-order valence-corrected chi connectivity index (χ4v) is 2.01. The van der Waals surface area contributed by atoms with Crippen molar-refractivity contribution in [1.82, 2.24) is 19.4 Å². The minimum absolute atomic E-state index is 0. The molecule has 0 spiro atoms. The summed E-state index contributed by atoms with van der Waals surface area (Å²) in [6, 6.07) is 7.88. The first-order valence-electron chi connectivity index (χ1n) is 8.49. The SMILES string of the molecule is C.CC.CC.CC.Cc1nccc(-c2c(C)nc3ccccn23)n1. The molecule has 3 heterocycles. The van der Waals surface area contributed by atoms with Crippen LogP contribution in [0, 0.1) is 13.8 Å². The highest BCUT2D eigenvalue weighted by Crippen LogP contribution is 2.22. The van der Waals surface area contributed by atoms with E-state index in [-0.39, 0.29) is 7.43 Å². The fourth-order valence-electron chi connectivity index (χ4n) is 2.01. The van der Waals surface area contributed by atoms with Crippen LogP contribution < -0.4 is 0 Å². The largest absolute Gasteiger partial charge is 0.298 e. The van der Waals surface area contributed by atoms with Crippen molar-refractivity contribution in [3.8, 4) is 11.4 Å². The third-order valence-corrected chi connectivity index (χ3v) is 2.72. The second kappa shape index (κ2) is 13.2. The van der Waals surface area contributed by atoms with Crippen LogP contribution in [0.1, 0.15) is 60.5 Å². The summed E-state index contributed by atoms with van der Waals surface area (Å²) in [5, 5.41) is 0. The molecule has 0 bridgehead atoms. The number of fused-ring (bicyclic) bond motifs is 1. The Morgan fingerprint density at radius 1 is 0.833 bits per heavy atom. The molecule has 0 unspecified atom stereocenters. The van der Waals surface area contributed by atoms with E-state index in [9.17, 15) is 0 Å². The lowest BCUT2D eigenvalue weighted by molar-refractivity contribution is 1.04. The Morgan fingerprint density at radius 3 is 2.04 bits per heavy atom. The molecule has 3 aromatic rings. The maximum absolute atomic E-state index is 4.52. The molecule has 0 saturated carbocycles. The molecular formula is C20H34N4. The lowest BCUT2D eigenvalue weighted by Crippen LogP contribution is -1.94. The molecule has 24 heavy (non-hydrogen) atoms. The van der Waals surface area contributed by atoms with Crippen LogP contribution in [0.4, 0.5) is 0 Å². The van der Waals surface area contributed by atoms with Crippen LogP contribution in [0.2, 0.25) is 0 Å². The minimum Gasteiger partial charge on any atom is -0.298 e. The highest BCUT2D eigenvalue weighted by Gasteiger charge is 2.11. The lowest BCUT2D eigenvalue weighted by Gasteiger charge is -2.02. The molecule has 0 N–H and O–H groups in total. The number of aromatic nitrogens is 4. The maximum atomic E-state index is 4.52. The van der Waals surface area contributed by atoms with Gasteiger partial charge in [-0.2, -0.15) is 0 Å². The monoisotopic (exact) mass is 330 g/mol. The number of aryl methyl sites for hydroxylation is 2. The number of hydrogen-bond donors (Lipinski definition) is 0. The molecule has 4 heteroatoms. The smallest absolute Gasteiger partial charge is 0.137 e. The zero-order chi connectivity index (χ0) is 17.8. The average molecular weight is 331 g/mol. The van der Waals surface area contributed by atoms with Gasteiger partial charge in [-0.15, -0.1) is 0 Å². The third-order valence-electron chi connectivity index (χ3n) is 2.72. The number of hydrogen-bond acceptors (Lipinski definition) is 3. The normalized spacial score (nSPS) is 8.50. The Morgan fingerprint density at radius 2 is 1.46 bits per heavy atom. The molecule has 0 aliphatic heterocycles. The van der Waals surface area contributed by atoms with Gasteiger partial charge in [0.05, 0.1) is 17.1 Å². The fraction of sp³-hybridized carbons (Fsp3) is 0.450. The van der Waals surface area contributed by atoms with E-state index < -0.39 is 0 Å². The van der Waals surface area contributed by atoms with Crippen molar-refractivity contribution in [3.05, 3.63) is 48.2 Å². The Labute approximate surface area is 148 Å². The van der Waals surface area contributed by atoms with E-state index >= 15 is 0 Å². The maximum Gasteiger partial charge on any atom is 0.137 e. The van der Waals surface area contributed by atoms with E-state index in [4.69, 9.17) is 0 Å². The molecule has 0 fully saturated rings. The van der Waals surface area contributed by atoms with Gasteiger partial charge in [-0.3, -0.25) is 4.40 Å². The van der Waals surface area contributed by atoms with Gasteiger partial charge in [0.15, 0.2) is 0 Å². The molecule has 0 amide bonds. The van der Waals surface area contributed by atoms with Crippen molar-refractivity contribution >= 4 is 5.65 Å². The molecule has 0 aliphatic carbocycles. The summed E-state index contributed by atoms with van der Waals surface area (Å²) in [4.78, 5) is 13.1. The van der Waals surface area contributed by atoms with Crippen molar-refractivity contribution < 1.29 is 0 Å². The lowest BCUT2D eigenvalue weighted by atomic mass is 10.2. The molecule has 0 aromatic carbocycles. The summed E-state index contributed by atoms with van der Waals surface area (Å²) < 4.78 is 2.05. The number of rotatable bonds is 1. The van der Waals surface area contributed by atoms with Crippen molar-refractivity contribution in [2.45, 2.75) is 62.8 Å². The van der Waals surface area contributed by atoms with Crippen molar-refractivity contribution in [3.63, 3.8) is 0 Å². The van der Waals surface area contributed by atoms with Crippen LogP contribution in [-0.2, 0) is 0 Å². The second-order valence-electron chi connectivity index (χ2n) is 3.96. The molecule has 3 aromatic heterocycles. The van der Waals surface area contributed by atoms with Crippen LogP contribution in [0.5, 0.6) is 0 Å². The van der Waals surface area contributed by atoms with Crippen LogP contribution in [0.15, 0.2) is 36.7 Å². The van der Waals surface area contributed by atoms with Gasteiger partial charge in [0.25, 0.3) is 0 Å². The molecular weight excluding hydrogens is 296 g/mol. The van der Waals surface area contributed by atoms with Crippen molar-refractivity contribution in [1.29, 1.82) is 0 Å². The Hall–Kier alpha value is -2.23. The minimum atomic E-state index is 0. The first-order chi connectivity index (χ1) is 11.3. The summed E-state index contributed by atoms with van der Waals surface area (Å²) in [5.41, 5.74) is 3.87. The first kappa shape index (κ1) is 24.0. The number of imidazole rings is 1. The van der Waals surface area contributed by atoms with Crippen LogP contribution in [0.3, 0.4) is 0 Å². The van der Waals surface area contributed by atoms with Crippen molar-refractivity contribution in [2.75, 3.05) is 0 Å². The predicted molar refractivity (Wildman–Crippen MR) is 106 cm³/mol. The van der Waals surface area contributed by atoms with Gasteiger partial charge in [0, 0.05) is 12.4 Å². The number of pyridine rings is 1. The van der Waals surface area contributed by atoms with Crippen LogP contribution in [0.25, 0.3) is 17.0 Å². The quantitative estimate of drug-likeness (QED) is 0.539. The van der Waals surface area contributed by atoms with Crippen LogP contribution >= 0.6 is 0 Å². The summed E-state index contributed by atoms with van der Waals surface area (Å²) in [6.07, 6.45) is 3.78. The van der Waals surface area contributed by atoms with E-state index in [1.807, 2.05) is 85.9 Å². The summed E-state index contributed by atoms with van der Waals surface area (Å²) >= 11 is 0. The molecule has 0 atom stereocenters. The van der Waals surface area contributed by atoms with E-state index in [0.717, 1.165) is 28.6 Å². The van der Waals surface area contributed by atoms with E-state index in [2.05, 4.69) is 19.4 Å². The Kier molecular flexibility index (Phi) is 13.2. The van der Waals surface area contributed by atoms with Crippen LogP contribution in [-0.4, -0.2) is 19.4 Å². The van der Waals surface area contributed by atoms with E-state index in [0.29, 0.717) is 0 Å². The molecule has 0 saturated heterocycles. The summed E-state index contributed by atoms with van der Waals surface area (Å²) in [5.74, 6) is 0.771. The zero-order valence-electron chi connectivity index (χ0n) is 15.8. The Balaban J connectivity index is 0. The van der Waals surface area contributed by atoms with Gasteiger partial charge in [0.2, 0.25) is 0 Å². The average Bonchev–Trinajstić information content (AvgIpc) is 2.96. The molecule has 4 nitrogen and oxygen atoms in total. The topological polar surface area (TPSA) is 43.1 Å². The molecule has 0 aliphatic rings. The highest BCUT2D eigenvalue weighted by molar-refractivity contribution is 5.63. The first-order valence-corrected chi connectivity index (χ1v) is 8.49. The van der Waals surface area contributed by atoms with Gasteiger partial charge >= 0.3 is 0 Å². The Bertz CT molecular complexity index is 687. The summed E-state index contributed by atoms with van der Waals surface area (Å²) in [6.45, 7) is 15.9. The van der Waals surface area contributed by atoms with Crippen molar-refractivity contribution in [2.24, 2.45) is 0 Å². The van der Waals surface area contributed by atoms with E-state index in [1.54, 1.807) is 6.20 Å². The second-order valence-corrected chi connectivity index (χ2v) is 3.96. The van der Waals surface area contributed by atoms with Gasteiger partial charge in [-0.1, -0.05) is 55.0 Å².